The second-order valence-electron chi connectivity index (χ2n) is 3.99. The summed E-state index contributed by atoms with van der Waals surface area (Å²) >= 11 is 0. The molecule has 1 heterocycles. The van der Waals surface area contributed by atoms with Crippen LogP contribution in [-0.2, 0) is 9.59 Å². The van der Waals surface area contributed by atoms with Crippen LogP contribution in [-0.4, -0.2) is 28.3 Å². The molecular weight excluding hydrogens is 255 g/mol. The van der Waals surface area contributed by atoms with E-state index in [4.69, 9.17) is 10.2 Å². The van der Waals surface area contributed by atoms with Gasteiger partial charge in [0.05, 0.1) is 0 Å². The third-order valence-corrected chi connectivity index (χ3v) is 2.88. The minimum atomic E-state index is -4.79. The summed E-state index contributed by atoms with van der Waals surface area (Å²) in [4.78, 5) is 21.6. The lowest BCUT2D eigenvalue weighted by atomic mass is 9.78. The molecule has 1 aliphatic heterocycles. The summed E-state index contributed by atoms with van der Waals surface area (Å²) in [7, 11) is 0. The number of aliphatic carboxylic acids is 2. The van der Waals surface area contributed by atoms with Gasteiger partial charge in [0.1, 0.15) is 16.8 Å². The molecule has 0 aliphatic carbocycles. The Labute approximate surface area is 99.6 Å². The largest absolute Gasteiger partial charge is 0.477 e. The monoisotopic (exact) mass is 265 g/mol. The van der Waals surface area contributed by atoms with Gasteiger partial charge in [-0.05, 0) is 25.5 Å². The molecule has 1 atom stereocenters. The Hall–Kier alpha value is -1.99. The fourth-order valence-corrected chi connectivity index (χ4v) is 1.54. The summed E-state index contributed by atoms with van der Waals surface area (Å²) in [6.45, 7) is 1.73. The van der Waals surface area contributed by atoms with Crippen LogP contribution < -0.4 is 5.32 Å². The van der Waals surface area contributed by atoms with E-state index in [1.54, 1.807) is 0 Å². The predicted molar refractivity (Wildman–Crippen MR) is 53.4 cm³/mol. The number of rotatable bonds is 2. The normalized spacial score (nSPS) is 24.4. The first kappa shape index (κ1) is 14.1. The summed E-state index contributed by atoms with van der Waals surface area (Å²) in [5.41, 5.74) is -4.69. The third-order valence-electron chi connectivity index (χ3n) is 2.88. The first-order valence-electron chi connectivity index (χ1n) is 4.75. The Kier molecular flexibility index (Phi) is 3.16. The predicted octanol–water partition coefficient (Wildman–Crippen LogP) is 1.49. The maximum atomic E-state index is 13.0. The molecule has 0 saturated carbocycles. The molecule has 0 amide bonds. The molecule has 8 heteroatoms. The van der Waals surface area contributed by atoms with E-state index in [2.05, 4.69) is 0 Å². The van der Waals surface area contributed by atoms with Crippen LogP contribution in [0.25, 0.3) is 0 Å². The van der Waals surface area contributed by atoms with E-state index >= 15 is 0 Å². The number of alkyl halides is 3. The van der Waals surface area contributed by atoms with Gasteiger partial charge in [-0.3, -0.25) is 0 Å². The first-order valence-corrected chi connectivity index (χ1v) is 4.75. The lowest BCUT2D eigenvalue weighted by Crippen LogP contribution is -2.43. The average Bonchev–Trinajstić information content (AvgIpc) is 2.19. The van der Waals surface area contributed by atoms with Crippen molar-refractivity contribution in [3.05, 3.63) is 23.0 Å². The number of allylic oxidation sites excluding steroid dienone is 2. The number of nitrogens with one attached hydrogen (secondary N) is 1. The molecule has 0 radical (unpaired) electrons. The van der Waals surface area contributed by atoms with Crippen molar-refractivity contribution in [1.82, 2.24) is 5.32 Å². The van der Waals surface area contributed by atoms with E-state index < -0.39 is 40.5 Å². The van der Waals surface area contributed by atoms with Gasteiger partial charge in [0, 0.05) is 0 Å². The van der Waals surface area contributed by atoms with Gasteiger partial charge in [-0.1, -0.05) is 0 Å². The first-order chi connectivity index (χ1) is 8.00. The van der Waals surface area contributed by atoms with Crippen LogP contribution in [0.15, 0.2) is 23.0 Å². The maximum Gasteiger partial charge on any atom is 0.401 e. The number of halogens is 3. The Morgan fingerprint density at radius 1 is 1.28 bits per heavy atom. The van der Waals surface area contributed by atoms with Gasteiger partial charge in [0.2, 0.25) is 0 Å². The third kappa shape index (κ3) is 2.05. The van der Waals surface area contributed by atoms with Gasteiger partial charge in [0.15, 0.2) is 0 Å². The minimum Gasteiger partial charge on any atom is -0.477 e. The standard InChI is InChI=1S/C10H10F3NO4/c1-4-6(8(17)18)14-5(7(15)16)3-9(4,2)10(11,12)13/h3,14H,1-2H3,(H,15,16)(H,17,18). The van der Waals surface area contributed by atoms with Crippen LogP contribution >= 0.6 is 0 Å². The highest BCUT2D eigenvalue weighted by Gasteiger charge is 2.54. The van der Waals surface area contributed by atoms with Crippen molar-refractivity contribution in [2.24, 2.45) is 5.41 Å². The van der Waals surface area contributed by atoms with E-state index in [-0.39, 0.29) is 0 Å². The van der Waals surface area contributed by atoms with E-state index in [1.165, 1.54) is 0 Å². The molecular formula is C10H10F3NO4. The Bertz CT molecular complexity index is 478. The topological polar surface area (TPSA) is 86.6 Å². The number of carbonyl (C=O) groups is 2. The molecule has 0 aromatic carbocycles. The van der Waals surface area contributed by atoms with Crippen molar-refractivity contribution in [2.45, 2.75) is 20.0 Å². The van der Waals surface area contributed by atoms with Crippen LogP contribution in [0, 0.1) is 5.41 Å². The number of carboxylic acid groups (broad SMARTS) is 2. The fourth-order valence-electron chi connectivity index (χ4n) is 1.54. The van der Waals surface area contributed by atoms with Gasteiger partial charge in [-0.25, -0.2) is 9.59 Å². The smallest absolute Gasteiger partial charge is 0.401 e. The highest BCUT2D eigenvalue weighted by Crippen LogP contribution is 2.47. The highest BCUT2D eigenvalue weighted by atomic mass is 19.4. The lowest BCUT2D eigenvalue weighted by molar-refractivity contribution is -0.188. The summed E-state index contributed by atoms with van der Waals surface area (Å²) in [5.74, 6) is -3.30. The molecule has 1 aliphatic rings. The Morgan fingerprint density at radius 3 is 2.11 bits per heavy atom. The average molecular weight is 265 g/mol. The summed E-state index contributed by atoms with van der Waals surface area (Å²) in [6, 6.07) is 0. The maximum absolute atomic E-state index is 13.0. The molecule has 100 valence electrons. The molecule has 1 unspecified atom stereocenters. The fraction of sp³-hybridized carbons (Fsp3) is 0.400. The highest BCUT2D eigenvalue weighted by molar-refractivity contribution is 5.93. The van der Waals surface area contributed by atoms with E-state index in [1.807, 2.05) is 5.32 Å². The van der Waals surface area contributed by atoms with Crippen LogP contribution in [0.1, 0.15) is 13.8 Å². The lowest BCUT2D eigenvalue weighted by Gasteiger charge is -2.35. The van der Waals surface area contributed by atoms with Gasteiger partial charge in [0.25, 0.3) is 0 Å². The van der Waals surface area contributed by atoms with Gasteiger partial charge in [-0.15, -0.1) is 0 Å². The zero-order valence-electron chi connectivity index (χ0n) is 9.42. The van der Waals surface area contributed by atoms with Crippen molar-refractivity contribution in [1.29, 1.82) is 0 Å². The van der Waals surface area contributed by atoms with Crippen LogP contribution in [0.4, 0.5) is 13.2 Å². The number of dihydropyridines is 1. The Balaban J connectivity index is 3.49. The Morgan fingerprint density at radius 2 is 1.78 bits per heavy atom. The van der Waals surface area contributed by atoms with Crippen molar-refractivity contribution in [3.63, 3.8) is 0 Å². The summed E-state index contributed by atoms with van der Waals surface area (Å²) in [5, 5.41) is 19.5. The van der Waals surface area contributed by atoms with Gasteiger partial charge in [-0.2, -0.15) is 13.2 Å². The van der Waals surface area contributed by atoms with Crippen molar-refractivity contribution in [2.75, 3.05) is 0 Å². The summed E-state index contributed by atoms with van der Waals surface area (Å²) in [6.07, 6.45) is -4.32. The molecule has 3 N–H and O–H groups in total. The molecule has 1 rings (SSSR count). The van der Waals surface area contributed by atoms with Crippen LogP contribution in [0.3, 0.4) is 0 Å². The van der Waals surface area contributed by atoms with E-state index in [0.29, 0.717) is 6.08 Å². The van der Waals surface area contributed by atoms with E-state index in [9.17, 15) is 22.8 Å². The zero-order valence-corrected chi connectivity index (χ0v) is 9.42. The van der Waals surface area contributed by atoms with Gasteiger partial charge >= 0.3 is 18.1 Å². The molecule has 0 bridgehead atoms. The quantitative estimate of drug-likeness (QED) is 0.704. The number of hydrogen-bond acceptors (Lipinski definition) is 3. The van der Waals surface area contributed by atoms with Crippen LogP contribution in [0.5, 0.6) is 0 Å². The van der Waals surface area contributed by atoms with Gasteiger partial charge < -0.3 is 15.5 Å². The zero-order chi connectivity index (χ0) is 14.3. The molecule has 0 aromatic heterocycles. The molecule has 0 aromatic rings. The van der Waals surface area contributed by atoms with Crippen molar-refractivity contribution < 1.29 is 33.0 Å². The number of carboxylic acids is 2. The molecule has 0 spiro atoms. The van der Waals surface area contributed by atoms with Crippen molar-refractivity contribution in [3.8, 4) is 0 Å². The number of hydrogen-bond donors (Lipinski definition) is 3. The van der Waals surface area contributed by atoms with Crippen molar-refractivity contribution >= 4 is 11.9 Å². The van der Waals surface area contributed by atoms with E-state index in [0.717, 1.165) is 13.8 Å². The minimum absolute atomic E-state index is 0.469. The summed E-state index contributed by atoms with van der Waals surface area (Å²) < 4.78 is 38.9. The molecule has 5 nitrogen and oxygen atoms in total. The molecule has 18 heavy (non-hydrogen) atoms. The molecule has 0 saturated heterocycles. The second-order valence-corrected chi connectivity index (χ2v) is 3.99. The second kappa shape index (κ2) is 4.04. The SMILES string of the molecule is CC1=C(C(=O)O)NC(C(=O)O)=CC1(C)C(F)(F)F. The molecule has 0 fully saturated rings. The van der Waals surface area contributed by atoms with Crippen LogP contribution in [0.2, 0.25) is 0 Å².